The molecule has 0 bridgehead atoms. The van der Waals surface area contributed by atoms with E-state index in [0.29, 0.717) is 16.9 Å². The molecule has 10 heteroatoms. The van der Waals surface area contributed by atoms with E-state index >= 15 is 0 Å². The van der Waals surface area contributed by atoms with E-state index in [4.69, 9.17) is 14.2 Å². The minimum atomic E-state index is -0.684. The summed E-state index contributed by atoms with van der Waals surface area (Å²) in [4.78, 5) is 11.7. The number of fused-ring (bicyclic) bond motifs is 2. The molecule has 2 saturated heterocycles. The number of aryl methyl sites for hydroxylation is 1. The third-order valence-corrected chi connectivity index (χ3v) is 5.57. The number of benzene rings is 1. The van der Waals surface area contributed by atoms with Crippen LogP contribution in [0.25, 0.3) is 11.2 Å². The van der Waals surface area contributed by atoms with E-state index in [1.54, 1.807) is 6.07 Å². The molecule has 4 heterocycles. The van der Waals surface area contributed by atoms with E-state index in [1.165, 1.54) is 18.2 Å². The fourth-order valence-corrected chi connectivity index (χ4v) is 4.00. The number of hydrogen-bond acceptors (Lipinski definition) is 7. The van der Waals surface area contributed by atoms with Crippen LogP contribution in [0.3, 0.4) is 0 Å². The molecule has 2 fully saturated rings. The van der Waals surface area contributed by atoms with E-state index in [2.05, 4.69) is 21.0 Å². The topological polar surface area (TPSA) is 113 Å². The smallest absolute Gasteiger partial charge is 0.296 e. The molecule has 2 aliphatic rings. The summed E-state index contributed by atoms with van der Waals surface area (Å²) in [6, 6.07) is 7.53. The number of imidazole rings is 1. The Morgan fingerprint density at radius 3 is 2.71 bits per heavy atom. The SMILES string of the molecule is N#Cc1cc2[nH]c(O[C@@H]3CO[C@H]4[C@@H]3OC[C@H]4O)nc2nc1CCc1c(F)cccc1F. The van der Waals surface area contributed by atoms with Gasteiger partial charge in [0.05, 0.1) is 30.0 Å². The Morgan fingerprint density at radius 1 is 1.16 bits per heavy atom. The molecular formula is C21H18F2N4O4. The molecule has 0 amide bonds. The standard InChI is InChI=1S/C21H18F2N4O4/c22-12-2-1-3-13(23)11(12)4-5-14-10(7-24)6-15-20(25-14)27-21(26-15)31-17-9-30-18-16(28)8-29-19(17)18/h1-3,6,16-19,28H,4-5,8-9H2,(H,25,26,27)/t16-,17-,18-,19-/m1/s1. The van der Waals surface area contributed by atoms with Gasteiger partial charge in [0.2, 0.25) is 0 Å². The van der Waals surface area contributed by atoms with Crippen molar-refractivity contribution in [2.45, 2.75) is 37.3 Å². The van der Waals surface area contributed by atoms with Gasteiger partial charge in [0.25, 0.3) is 6.01 Å². The van der Waals surface area contributed by atoms with Crippen molar-refractivity contribution in [3.63, 3.8) is 0 Å². The highest BCUT2D eigenvalue weighted by molar-refractivity contribution is 5.73. The van der Waals surface area contributed by atoms with Gasteiger partial charge in [0.1, 0.15) is 36.0 Å². The number of nitrogens with zero attached hydrogens (tertiary/aromatic N) is 3. The van der Waals surface area contributed by atoms with Crippen molar-refractivity contribution in [3.05, 3.63) is 52.7 Å². The quantitative estimate of drug-likeness (QED) is 0.637. The highest BCUT2D eigenvalue weighted by atomic mass is 19.1. The lowest BCUT2D eigenvalue weighted by atomic mass is 10.0. The van der Waals surface area contributed by atoms with Gasteiger partial charge in [-0.25, -0.2) is 13.8 Å². The summed E-state index contributed by atoms with van der Waals surface area (Å²) < 4.78 is 44.7. The number of nitrogens with one attached hydrogen (secondary N) is 1. The summed E-state index contributed by atoms with van der Waals surface area (Å²) in [5, 5.41) is 19.3. The number of rotatable bonds is 5. The predicted molar refractivity (Wildman–Crippen MR) is 102 cm³/mol. The molecule has 2 aromatic heterocycles. The van der Waals surface area contributed by atoms with Crippen LogP contribution >= 0.6 is 0 Å². The van der Waals surface area contributed by atoms with Crippen LogP contribution in [0.2, 0.25) is 0 Å². The van der Waals surface area contributed by atoms with Crippen molar-refractivity contribution in [2.24, 2.45) is 0 Å². The van der Waals surface area contributed by atoms with Crippen molar-refractivity contribution in [1.82, 2.24) is 15.0 Å². The van der Waals surface area contributed by atoms with Crippen LogP contribution in [0.1, 0.15) is 16.8 Å². The average molecular weight is 428 g/mol. The van der Waals surface area contributed by atoms with E-state index < -0.39 is 36.1 Å². The second kappa shape index (κ2) is 7.85. The summed E-state index contributed by atoms with van der Waals surface area (Å²) in [7, 11) is 0. The maximum Gasteiger partial charge on any atom is 0.296 e. The minimum absolute atomic E-state index is 0.0473. The van der Waals surface area contributed by atoms with Crippen LogP contribution in [-0.2, 0) is 22.3 Å². The molecule has 1 aromatic carbocycles. The number of aromatic amines is 1. The van der Waals surface area contributed by atoms with E-state index in [9.17, 15) is 19.1 Å². The van der Waals surface area contributed by atoms with Crippen molar-refractivity contribution in [1.29, 1.82) is 5.26 Å². The molecule has 2 aliphatic heterocycles. The zero-order valence-corrected chi connectivity index (χ0v) is 16.2. The monoisotopic (exact) mass is 428 g/mol. The predicted octanol–water partition coefficient (Wildman–Crippen LogP) is 1.80. The van der Waals surface area contributed by atoms with Gasteiger partial charge in [0.15, 0.2) is 11.8 Å². The highest BCUT2D eigenvalue weighted by Gasteiger charge is 2.48. The highest BCUT2D eigenvalue weighted by Crippen LogP contribution is 2.30. The number of aliphatic hydroxyl groups excluding tert-OH is 1. The Hall–Kier alpha value is -3.13. The zero-order valence-electron chi connectivity index (χ0n) is 16.2. The maximum atomic E-state index is 13.9. The second-order valence-electron chi connectivity index (χ2n) is 7.53. The lowest BCUT2D eigenvalue weighted by molar-refractivity contribution is 0.00706. The minimum Gasteiger partial charge on any atom is -0.456 e. The number of H-pyrrole nitrogens is 1. The van der Waals surface area contributed by atoms with Gasteiger partial charge in [0, 0.05) is 5.56 Å². The first-order valence-electron chi connectivity index (χ1n) is 9.84. The molecule has 0 unspecified atom stereocenters. The van der Waals surface area contributed by atoms with Crippen LogP contribution in [0.4, 0.5) is 8.78 Å². The molecule has 3 aromatic rings. The Morgan fingerprint density at radius 2 is 1.94 bits per heavy atom. The maximum absolute atomic E-state index is 13.9. The van der Waals surface area contributed by atoms with Crippen molar-refractivity contribution in [2.75, 3.05) is 13.2 Å². The van der Waals surface area contributed by atoms with Crippen LogP contribution < -0.4 is 4.74 Å². The van der Waals surface area contributed by atoms with Crippen molar-refractivity contribution >= 4 is 11.2 Å². The Bertz CT molecular complexity index is 1160. The second-order valence-corrected chi connectivity index (χ2v) is 7.53. The van der Waals surface area contributed by atoms with Crippen LogP contribution in [0.15, 0.2) is 24.3 Å². The molecule has 0 aliphatic carbocycles. The summed E-state index contributed by atoms with van der Waals surface area (Å²) in [6.45, 7) is 0.439. The molecule has 0 saturated carbocycles. The Balaban J connectivity index is 1.37. The van der Waals surface area contributed by atoms with Gasteiger partial charge in [-0.2, -0.15) is 10.2 Å². The third kappa shape index (κ3) is 3.61. The lowest BCUT2D eigenvalue weighted by Crippen LogP contribution is -2.34. The summed E-state index contributed by atoms with van der Waals surface area (Å²) in [5.41, 5.74) is 1.44. The van der Waals surface area contributed by atoms with E-state index in [-0.39, 0.29) is 43.2 Å². The molecule has 0 radical (unpaired) electrons. The zero-order chi connectivity index (χ0) is 21.5. The number of ether oxygens (including phenoxy) is 3. The fraction of sp³-hybridized carbons (Fsp3) is 0.381. The summed E-state index contributed by atoms with van der Waals surface area (Å²) in [6.07, 6.45) is -1.72. The lowest BCUT2D eigenvalue weighted by Gasteiger charge is -2.15. The first-order chi connectivity index (χ1) is 15.0. The van der Waals surface area contributed by atoms with Crippen LogP contribution in [-0.4, -0.2) is 57.7 Å². The number of aliphatic hydroxyl groups is 1. The summed E-state index contributed by atoms with van der Waals surface area (Å²) >= 11 is 0. The molecule has 160 valence electrons. The molecule has 31 heavy (non-hydrogen) atoms. The molecule has 0 spiro atoms. The number of nitriles is 1. The van der Waals surface area contributed by atoms with Gasteiger partial charge in [-0.1, -0.05) is 6.07 Å². The van der Waals surface area contributed by atoms with E-state index in [0.717, 1.165) is 0 Å². The van der Waals surface area contributed by atoms with Gasteiger partial charge in [-0.15, -0.1) is 0 Å². The molecule has 5 rings (SSSR count). The molecule has 8 nitrogen and oxygen atoms in total. The number of halogens is 2. The Labute approximate surface area is 175 Å². The van der Waals surface area contributed by atoms with Crippen LogP contribution in [0, 0.1) is 23.0 Å². The Kier molecular flexibility index (Phi) is 5.02. The fourth-order valence-electron chi connectivity index (χ4n) is 4.00. The molecular weight excluding hydrogens is 410 g/mol. The van der Waals surface area contributed by atoms with Crippen LogP contribution in [0.5, 0.6) is 6.01 Å². The number of hydrogen-bond donors (Lipinski definition) is 2. The third-order valence-electron chi connectivity index (χ3n) is 5.57. The van der Waals surface area contributed by atoms with Crippen molar-refractivity contribution < 1.29 is 28.1 Å². The van der Waals surface area contributed by atoms with Gasteiger partial charge < -0.3 is 24.3 Å². The average Bonchev–Trinajstić information content (AvgIpc) is 3.43. The molecule has 2 N–H and O–H groups in total. The molecule has 4 atom stereocenters. The first kappa shape index (κ1) is 19.8. The number of pyridine rings is 1. The summed E-state index contributed by atoms with van der Waals surface area (Å²) in [5.74, 6) is -1.27. The van der Waals surface area contributed by atoms with Crippen molar-refractivity contribution in [3.8, 4) is 12.1 Å². The van der Waals surface area contributed by atoms with E-state index in [1.807, 2.05) is 0 Å². The van der Waals surface area contributed by atoms with Gasteiger partial charge in [-0.3, -0.25) is 0 Å². The number of aromatic nitrogens is 3. The normalized spacial score (nSPS) is 25.0. The largest absolute Gasteiger partial charge is 0.456 e. The van der Waals surface area contributed by atoms with Gasteiger partial charge in [-0.05, 0) is 31.0 Å². The first-order valence-corrected chi connectivity index (χ1v) is 9.84. The van der Waals surface area contributed by atoms with Gasteiger partial charge >= 0.3 is 0 Å².